The van der Waals surface area contributed by atoms with Gasteiger partial charge in [-0.2, -0.15) is 5.10 Å². The van der Waals surface area contributed by atoms with Crippen molar-refractivity contribution in [1.82, 2.24) is 35.1 Å². The first-order valence-corrected chi connectivity index (χ1v) is 13.7. The maximum absolute atomic E-state index is 5.30. The van der Waals surface area contributed by atoms with E-state index in [1.54, 1.807) is 41.3 Å². The Morgan fingerprint density at radius 3 is 2.56 bits per heavy atom. The second-order valence-electron chi connectivity index (χ2n) is 7.43. The quantitative estimate of drug-likeness (QED) is 0.280. The number of aromatic amines is 3. The molecule has 34 heavy (non-hydrogen) atoms. The molecule has 6 heterocycles. The molecule has 0 radical (unpaired) electrons. The van der Waals surface area contributed by atoms with E-state index in [2.05, 4.69) is 37.3 Å². The zero-order valence-electron chi connectivity index (χ0n) is 17.5. The van der Waals surface area contributed by atoms with Crippen molar-refractivity contribution in [3.05, 3.63) is 94.5 Å². The number of thiazole rings is 2. The van der Waals surface area contributed by atoms with Gasteiger partial charge in [0.25, 0.3) is 0 Å². The van der Waals surface area contributed by atoms with Crippen LogP contribution >= 0.6 is 32.7 Å². The number of imidazole rings is 1. The van der Waals surface area contributed by atoms with Crippen LogP contribution in [-0.4, -0.2) is 40.2 Å². The van der Waals surface area contributed by atoms with Crippen LogP contribution in [-0.2, 0) is 0 Å². The summed E-state index contributed by atoms with van der Waals surface area (Å²) in [5.41, 5.74) is 2.65. The van der Waals surface area contributed by atoms with E-state index in [9.17, 15) is 0 Å². The number of rotatable bonds is 5. The summed E-state index contributed by atoms with van der Waals surface area (Å²) in [6, 6.07) is 14.3. The van der Waals surface area contributed by atoms with E-state index in [4.69, 9.17) is 15.0 Å². The largest absolute Gasteiger partial charge is 0.357 e. The van der Waals surface area contributed by atoms with E-state index < -0.39 is 10.0 Å². The first-order chi connectivity index (χ1) is 16.9. The van der Waals surface area contributed by atoms with Gasteiger partial charge in [-0.25, -0.2) is 19.9 Å². The summed E-state index contributed by atoms with van der Waals surface area (Å²) >= 11 is 3.21. The van der Waals surface area contributed by atoms with Crippen molar-refractivity contribution in [2.75, 3.05) is 0 Å². The summed E-state index contributed by atoms with van der Waals surface area (Å²) in [6.45, 7) is 0. The summed E-state index contributed by atoms with van der Waals surface area (Å²) < 4.78 is 1.12. The van der Waals surface area contributed by atoms with E-state index in [-0.39, 0.29) is 0 Å². The highest BCUT2D eigenvalue weighted by Gasteiger charge is 2.50. The summed E-state index contributed by atoms with van der Waals surface area (Å²) in [4.78, 5) is 27.7. The van der Waals surface area contributed by atoms with Crippen LogP contribution in [0.4, 0.5) is 0 Å². The summed E-state index contributed by atoms with van der Waals surface area (Å²) in [7, 11) is -2.16. The lowest BCUT2D eigenvalue weighted by molar-refractivity contribution is 1.03. The van der Waals surface area contributed by atoms with Crippen LogP contribution in [0.2, 0.25) is 0 Å². The van der Waals surface area contributed by atoms with Crippen LogP contribution in [0, 0.1) is 0 Å². The lowest BCUT2D eigenvalue weighted by Crippen LogP contribution is -2.16. The Morgan fingerprint density at radius 2 is 1.82 bits per heavy atom. The standard InChI is InChI=1S/C23H16N8S3/c1-2-5-16-14(4-1)29-21(33-16)22-30-18(20-25-12-13-32-20)19(15-7-9-28-31-15)34(22,17-6-3-8-24-17)23-26-10-11-27-23/h1-13,24H,(H,26,27)(H,28,31). The van der Waals surface area contributed by atoms with Crippen molar-refractivity contribution in [2.45, 2.75) is 10.2 Å². The topological polar surface area (TPSA) is 111 Å². The van der Waals surface area contributed by atoms with E-state index in [1.807, 2.05) is 48.1 Å². The number of aromatic nitrogens is 7. The highest BCUT2D eigenvalue weighted by molar-refractivity contribution is 8.52. The number of para-hydroxylation sites is 1. The van der Waals surface area contributed by atoms with Crippen molar-refractivity contribution in [3.8, 4) is 0 Å². The molecule has 1 aliphatic heterocycles. The summed E-state index contributed by atoms with van der Waals surface area (Å²) in [6.07, 6.45) is 9.15. The molecule has 3 N–H and O–H groups in total. The van der Waals surface area contributed by atoms with Gasteiger partial charge in [0.15, 0.2) is 5.16 Å². The number of hydrogen-bond acceptors (Lipinski definition) is 7. The van der Waals surface area contributed by atoms with E-state index >= 15 is 0 Å². The number of nitrogens with zero attached hydrogens (tertiary/aromatic N) is 5. The minimum Gasteiger partial charge on any atom is -0.357 e. The molecule has 1 aliphatic rings. The number of fused-ring (bicyclic) bond motifs is 1. The number of nitrogens with one attached hydrogen (secondary N) is 3. The molecule has 0 amide bonds. The van der Waals surface area contributed by atoms with Gasteiger partial charge in [0.1, 0.15) is 20.8 Å². The number of benzene rings is 1. The SMILES string of the molecule is c1c[nH]c(S2(c3ncc[nH]3)C(c3nc4ccccc4s3)=NC(c3nccs3)=C2c2ccn[nH]2)c1. The molecule has 5 aromatic heterocycles. The molecule has 1 unspecified atom stereocenters. The van der Waals surface area contributed by atoms with Crippen molar-refractivity contribution in [1.29, 1.82) is 0 Å². The maximum atomic E-state index is 5.30. The van der Waals surface area contributed by atoms with Crippen LogP contribution < -0.4 is 0 Å². The molecule has 7 rings (SSSR count). The maximum Gasteiger partial charge on any atom is 0.163 e. The van der Waals surface area contributed by atoms with E-state index in [0.717, 1.165) is 51.8 Å². The second kappa shape index (κ2) is 7.62. The van der Waals surface area contributed by atoms with E-state index in [1.165, 1.54) is 0 Å². The molecule has 0 saturated heterocycles. The van der Waals surface area contributed by atoms with Crippen LogP contribution in [0.15, 0.2) is 94.0 Å². The highest BCUT2D eigenvalue weighted by atomic mass is 32.3. The molecular formula is C23H16N8S3. The molecule has 166 valence electrons. The fourth-order valence-electron chi connectivity index (χ4n) is 4.19. The highest BCUT2D eigenvalue weighted by Crippen LogP contribution is 2.75. The molecule has 1 atom stereocenters. The molecular weight excluding hydrogens is 485 g/mol. The van der Waals surface area contributed by atoms with E-state index in [0.29, 0.717) is 0 Å². The Bertz CT molecular complexity index is 1570. The van der Waals surface area contributed by atoms with Gasteiger partial charge in [-0.1, -0.05) is 22.2 Å². The molecule has 8 nitrogen and oxygen atoms in total. The van der Waals surface area contributed by atoms with Crippen LogP contribution in [0.25, 0.3) is 20.8 Å². The monoisotopic (exact) mass is 500 g/mol. The fourth-order valence-corrected chi connectivity index (χ4v) is 9.85. The average molecular weight is 501 g/mol. The van der Waals surface area contributed by atoms with Crippen molar-refractivity contribution < 1.29 is 0 Å². The lowest BCUT2D eigenvalue weighted by Gasteiger charge is -2.35. The van der Waals surface area contributed by atoms with Gasteiger partial charge in [-0.3, -0.25) is 5.10 Å². The second-order valence-corrected chi connectivity index (χ2v) is 12.2. The van der Waals surface area contributed by atoms with Crippen LogP contribution in [0.3, 0.4) is 0 Å². The van der Waals surface area contributed by atoms with Crippen molar-refractivity contribution in [3.63, 3.8) is 0 Å². The molecule has 11 heteroatoms. The first-order valence-electron chi connectivity index (χ1n) is 10.4. The number of aliphatic imine (C=N–C) groups is 1. The van der Waals surface area contributed by atoms with Crippen LogP contribution in [0.1, 0.15) is 15.7 Å². The fraction of sp³-hybridized carbons (Fsp3) is 0. The minimum atomic E-state index is -2.16. The molecule has 0 saturated carbocycles. The molecule has 0 aliphatic carbocycles. The normalized spacial score (nSPS) is 20.1. The third-order valence-electron chi connectivity index (χ3n) is 5.54. The van der Waals surface area contributed by atoms with Gasteiger partial charge in [-0.05, 0) is 30.3 Å². The predicted octanol–water partition coefficient (Wildman–Crippen LogP) is 5.74. The molecule has 1 aromatic carbocycles. The Labute approximate surface area is 202 Å². The lowest BCUT2D eigenvalue weighted by atomic mass is 10.3. The van der Waals surface area contributed by atoms with Gasteiger partial charge >= 0.3 is 0 Å². The Kier molecular flexibility index (Phi) is 4.40. The van der Waals surface area contributed by atoms with Crippen LogP contribution in [0.5, 0.6) is 0 Å². The Balaban J connectivity index is 1.62. The Hall–Kier alpha value is -3.80. The molecule has 6 aromatic rings. The average Bonchev–Trinajstić information content (AvgIpc) is 3.71. The molecule has 0 fully saturated rings. The van der Waals surface area contributed by atoms with Gasteiger partial charge in [0, 0.05) is 36.4 Å². The molecule has 0 bridgehead atoms. The van der Waals surface area contributed by atoms with Crippen molar-refractivity contribution >= 4 is 58.6 Å². The van der Waals surface area contributed by atoms with Crippen molar-refractivity contribution in [2.24, 2.45) is 4.99 Å². The summed E-state index contributed by atoms with van der Waals surface area (Å²) in [5, 5.41) is 13.9. The van der Waals surface area contributed by atoms with Gasteiger partial charge in [0.2, 0.25) is 0 Å². The zero-order valence-corrected chi connectivity index (χ0v) is 19.9. The molecule has 0 spiro atoms. The zero-order chi connectivity index (χ0) is 22.5. The third kappa shape index (κ3) is 2.74. The summed E-state index contributed by atoms with van der Waals surface area (Å²) in [5.74, 6) is 0. The number of H-pyrrole nitrogens is 3. The number of hydrogen-bond donors (Lipinski definition) is 3. The Morgan fingerprint density at radius 1 is 0.853 bits per heavy atom. The predicted molar refractivity (Wildman–Crippen MR) is 137 cm³/mol. The van der Waals surface area contributed by atoms with Gasteiger partial charge in [0.05, 0.1) is 25.8 Å². The smallest absolute Gasteiger partial charge is 0.163 e. The van der Waals surface area contributed by atoms with Gasteiger partial charge in [-0.15, -0.1) is 22.7 Å². The first kappa shape index (κ1) is 19.6. The van der Waals surface area contributed by atoms with Gasteiger partial charge < -0.3 is 9.97 Å². The minimum absolute atomic E-state index is 0.814. The third-order valence-corrected chi connectivity index (χ3v) is 11.1.